The van der Waals surface area contributed by atoms with Gasteiger partial charge in [0.1, 0.15) is 17.2 Å². The molecule has 0 radical (unpaired) electrons. The Kier molecular flexibility index (Phi) is 6.62. The molecular formula is C23H33N5O. The van der Waals surface area contributed by atoms with Crippen LogP contribution in [-0.4, -0.2) is 36.7 Å². The van der Waals surface area contributed by atoms with E-state index in [1.165, 1.54) is 5.56 Å². The molecule has 1 aliphatic heterocycles. The molecule has 1 aromatic heterocycles. The van der Waals surface area contributed by atoms with Crippen molar-refractivity contribution < 1.29 is 4.74 Å². The fraction of sp³-hybridized carbons (Fsp3) is 0.478. The Labute approximate surface area is 174 Å². The van der Waals surface area contributed by atoms with Crippen LogP contribution in [0.25, 0.3) is 0 Å². The van der Waals surface area contributed by atoms with E-state index in [0.29, 0.717) is 6.54 Å². The van der Waals surface area contributed by atoms with Gasteiger partial charge in [-0.1, -0.05) is 24.3 Å². The number of anilines is 1. The average Bonchev–Trinajstić information content (AvgIpc) is 2.72. The number of nitrogens with zero attached hydrogens (tertiary/aromatic N) is 3. The lowest BCUT2D eigenvalue weighted by atomic mass is 9.90. The van der Waals surface area contributed by atoms with Gasteiger partial charge in [0, 0.05) is 44.9 Å². The molecule has 0 amide bonds. The zero-order chi connectivity index (χ0) is 20.9. The molecule has 6 heteroatoms. The van der Waals surface area contributed by atoms with Gasteiger partial charge in [-0.2, -0.15) is 0 Å². The highest BCUT2D eigenvalue weighted by molar-refractivity contribution is 5.80. The van der Waals surface area contributed by atoms with E-state index in [9.17, 15) is 0 Å². The second-order valence-electron chi connectivity index (χ2n) is 7.92. The molecule has 1 aliphatic rings. The van der Waals surface area contributed by atoms with Crippen molar-refractivity contribution in [3.63, 3.8) is 0 Å². The van der Waals surface area contributed by atoms with Crippen LogP contribution in [0.2, 0.25) is 0 Å². The second kappa shape index (κ2) is 9.16. The highest BCUT2D eigenvalue weighted by atomic mass is 16.5. The van der Waals surface area contributed by atoms with Gasteiger partial charge in [-0.25, -0.2) is 4.98 Å². The lowest BCUT2D eigenvalue weighted by molar-refractivity contribution is 0.0694. The van der Waals surface area contributed by atoms with Crippen LogP contribution in [0.5, 0.6) is 5.75 Å². The summed E-state index contributed by atoms with van der Waals surface area (Å²) in [6.45, 7) is 11.1. The maximum atomic E-state index is 6.13. The minimum atomic E-state index is -0.227. The normalized spacial score (nSPS) is 17.8. The summed E-state index contributed by atoms with van der Waals surface area (Å²) in [6.07, 6.45) is 2.80. The first kappa shape index (κ1) is 21.0. The number of fused-ring (bicyclic) bond motifs is 1. The lowest BCUT2D eigenvalue weighted by Gasteiger charge is -2.38. The number of benzene rings is 1. The number of nitrogens with one attached hydrogen (secondary N) is 2. The standard InChI is InChI=1S/C23H33N5O/c1-6-28(7-2)21-13-12-17(15-25-21)16-26-22(24-5)27-19-14-23(3,4)29-20-11-9-8-10-18(19)20/h8-13,15,19H,6-7,14,16H2,1-5H3,(H2,24,26,27). The number of guanidine groups is 1. The van der Waals surface area contributed by atoms with Gasteiger partial charge in [-0.05, 0) is 45.4 Å². The summed E-state index contributed by atoms with van der Waals surface area (Å²) in [5, 5.41) is 6.98. The van der Waals surface area contributed by atoms with Crippen LogP contribution in [-0.2, 0) is 6.54 Å². The van der Waals surface area contributed by atoms with Crippen molar-refractivity contribution in [3.8, 4) is 5.75 Å². The first-order valence-corrected chi connectivity index (χ1v) is 10.4. The topological polar surface area (TPSA) is 61.8 Å². The molecule has 0 saturated carbocycles. The van der Waals surface area contributed by atoms with E-state index in [1.54, 1.807) is 7.05 Å². The predicted molar refractivity (Wildman–Crippen MR) is 120 cm³/mol. The molecule has 0 aliphatic carbocycles. The van der Waals surface area contributed by atoms with Crippen LogP contribution in [0.15, 0.2) is 47.6 Å². The third-order valence-electron chi connectivity index (χ3n) is 5.27. The first-order valence-electron chi connectivity index (χ1n) is 10.4. The molecule has 2 heterocycles. The predicted octanol–water partition coefficient (Wildman–Crippen LogP) is 3.90. The molecule has 1 unspecified atom stereocenters. The molecule has 0 spiro atoms. The van der Waals surface area contributed by atoms with Crippen LogP contribution >= 0.6 is 0 Å². The van der Waals surface area contributed by atoms with Gasteiger partial charge in [0.2, 0.25) is 0 Å². The fourth-order valence-electron chi connectivity index (χ4n) is 3.73. The summed E-state index contributed by atoms with van der Waals surface area (Å²) in [5.74, 6) is 2.73. The molecule has 0 fully saturated rings. The molecule has 0 saturated heterocycles. The highest BCUT2D eigenvalue weighted by Gasteiger charge is 2.33. The molecule has 156 valence electrons. The summed E-state index contributed by atoms with van der Waals surface area (Å²) in [4.78, 5) is 11.3. The monoisotopic (exact) mass is 395 g/mol. The van der Waals surface area contributed by atoms with Crippen molar-refractivity contribution in [2.24, 2.45) is 4.99 Å². The Hall–Kier alpha value is -2.76. The second-order valence-corrected chi connectivity index (χ2v) is 7.92. The fourth-order valence-corrected chi connectivity index (χ4v) is 3.73. The number of hydrogen-bond acceptors (Lipinski definition) is 4. The Morgan fingerprint density at radius 1 is 1.21 bits per heavy atom. The summed E-state index contributed by atoms with van der Waals surface area (Å²) >= 11 is 0. The van der Waals surface area contributed by atoms with Crippen molar-refractivity contribution in [1.29, 1.82) is 0 Å². The smallest absolute Gasteiger partial charge is 0.191 e. The summed E-state index contributed by atoms with van der Waals surface area (Å²) in [7, 11) is 1.80. The summed E-state index contributed by atoms with van der Waals surface area (Å²) in [6, 6.07) is 12.6. The Balaban J connectivity index is 1.64. The number of aliphatic imine (C=N–C) groups is 1. The van der Waals surface area contributed by atoms with Crippen LogP contribution in [0, 0.1) is 0 Å². The largest absolute Gasteiger partial charge is 0.487 e. The Morgan fingerprint density at radius 2 is 1.97 bits per heavy atom. The molecule has 29 heavy (non-hydrogen) atoms. The van der Waals surface area contributed by atoms with Crippen molar-refractivity contribution >= 4 is 11.8 Å². The minimum absolute atomic E-state index is 0.143. The molecule has 1 aromatic carbocycles. The van der Waals surface area contributed by atoms with Gasteiger partial charge in [0.15, 0.2) is 5.96 Å². The van der Waals surface area contributed by atoms with E-state index in [0.717, 1.165) is 42.6 Å². The Bertz CT molecular complexity index is 827. The van der Waals surface area contributed by atoms with E-state index < -0.39 is 0 Å². The number of ether oxygens (including phenoxy) is 1. The lowest BCUT2D eigenvalue weighted by Crippen LogP contribution is -2.45. The minimum Gasteiger partial charge on any atom is -0.487 e. The zero-order valence-corrected chi connectivity index (χ0v) is 18.2. The maximum Gasteiger partial charge on any atom is 0.191 e. The van der Waals surface area contributed by atoms with Crippen LogP contribution < -0.4 is 20.3 Å². The van der Waals surface area contributed by atoms with Gasteiger partial charge in [0.25, 0.3) is 0 Å². The third kappa shape index (κ3) is 5.19. The van der Waals surface area contributed by atoms with E-state index in [2.05, 4.69) is 77.5 Å². The number of aromatic nitrogens is 1. The Morgan fingerprint density at radius 3 is 2.62 bits per heavy atom. The number of para-hydroxylation sites is 1. The van der Waals surface area contributed by atoms with Gasteiger partial charge in [0.05, 0.1) is 6.04 Å². The molecule has 0 bridgehead atoms. The average molecular weight is 396 g/mol. The maximum absolute atomic E-state index is 6.13. The van der Waals surface area contributed by atoms with E-state index in [4.69, 9.17) is 4.74 Å². The molecule has 6 nitrogen and oxygen atoms in total. The zero-order valence-electron chi connectivity index (χ0n) is 18.2. The summed E-state index contributed by atoms with van der Waals surface area (Å²) < 4.78 is 6.13. The van der Waals surface area contributed by atoms with Crippen molar-refractivity contribution in [2.45, 2.75) is 52.3 Å². The van der Waals surface area contributed by atoms with E-state index in [-0.39, 0.29) is 11.6 Å². The van der Waals surface area contributed by atoms with Gasteiger partial charge < -0.3 is 20.3 Å². The molecule has 1 atom stereocenters. The highest BCUT2D eigenvalue weighted by Crippen LogP contribution is 2.39. The SMILES string of the molecule is CCN(CC)c1ccc(CNC(=NC)NC2CC(C)(C)Oc3ccccc32)cn1. The number of pyridine rings is 1. The van der Waals surface area contributed by atoms with Crippen LogP contribution in [0.1, 0.15) is 51.3 Å². The van der Waals surface area contributed by atoms with Crippen molar-refractivity contribution in [2.75, 3.05) is 25.0 Å². The van der Waals surface area contributed by atoms with Gasteiger partial charge in [-0.15, -0.1) is 0 Å². The van der Waals surface area contributed by atoms with Crippen molar-refractivity contribution in [1.82, 2.24) is 15.6 Å². The number of hydrogen-bond donors (Lipinski definition) is 2. The van der Waals surface area contributed by atoms with Crippen LogP contribution in [0.4, 0.5) is 5.82 Å². The summed E-state index contributed by atoms with van der Waals surface area (Å²) in [5.41, 5.74) is 2.06. The molecular weight excluding hydrogens is 362 g/mol. The van der Waals surface area contributed by atoms with Gasteiger partial charge >= 0.3 is 0 Å². The van der Waals surface area contributed by atoms with E-state index in [1.807, 2.05) is 18.3 Å². The van der Waals surface area contributed by atoms with Gasteiger partial charge in [-0.3, -0.25) is 4.99 Å². The molecule has 2 N–H and O–H groups in total. The molecule has 3 rings (SSSR count). The first-order chi connectivity index (χ1) is 14.0. The van der Waals surface area contributed by atoms with Crippen LogP contribution in [0.3, 0.4) is 0 Å². The quantitative estimate of drug-likeness (QED) is 0.574. The van der Waals surface area contributed by atoms with Crippen molar-refractivity contribution in [3.05, 3.63) is 53.7 Å². The third-order valence-corrected chi connectivity index (χ3v) is 5.27. The molecule has 2 aromatic rings. The van der Waals surface area contributed by atoms with E-state index >= 15 is 0 Å². The number of rotatable bonds is 6.